The third kappa shape index (κ3) is 4.16. The van der Waals surface area contributed by atoms with Gasteiger partial charge in [0.15, 0.2) is 5.78 Å². The molecule has 1 heterocycles. The second-order valence-electron chi connectivity index (χ2n) is 7.10. The number of esters is 1. The van der Waals surface area contributed by atoms with Crippen LogP contribution in [0.5, 0.6) is 0 Å². The molecular weight excluding hydrogens is 352 g/mol. The van der Waals surface area contributed by atoms with E-state index in [-0.39, 0.29) is 5.78 Å². The van der Waals surface area contributed by atoms with Gasteiger partial charge in [-0.15, -0.1) is 0 Å². The molecule has 0 saturated heterocycles. The van der Waals surface area contributed by atoms with E-state index in [1.807, 2.05) is 43.3 Å². The maximum absolute atomic E-state index is 12.7. The zero-order valence-electron chi connectivity index (χ0n) is 16.7. The third-order valence-electron chi connectivity index (χ3n) is 4.97. The number of hydrogen-bond acceptors (Lipinski definition) is 4. The highest BCUT2D eigenvalue weighted by atomic mass is 16.5. The summed E-state index contributed by atoms with van der Waals surface area (Å²) in [6, 6.07) is 12.9. The minimum absolute atomic E-state index is 0.131. The minimum atomic E-state index is -0.411. The zero-order valence-corrected chi connectivity index (χ0v) is 16.7. The number of carbonyl (C=O) groups excluding carboxylic acids is 2. The standard InChI is InChI=1S/C24H26O4/c1-4-5-6-7-10-21(25)17-9-8-11-22-19(17)15-23(28-22)18-13-12-16(2)14-20(18)24(26)27-3/h8-9,11-15H,4-7,10H2,1-3H3. The zero-order chi connectivity index (χ0) is 20.1. The lowest BCUT2D eigenvalue weighted by Gasteiger charge is -2.06. The summed E-state index contributed by atoms with van der Waals surface area (Å²) in [7, 11) is 1.36. The number of aryl methyl sites for hydroxylation is 1. The molecule has 1 aromatic heterocycles. The maximum atomic E-state index is 12.7. The highest BCUT2D eigenvalue weighted by molar-refractivity contribution is 6.08. The van der Waals surface area contributed by atoms with Gasteiger partial charge in [-0.1, -0.05) is 56.0 Å². The Labute approximate surface area is 165 Å². The second-order valence-corrected chi connectivity index (χ2v) is 7.10. The van der Waals surface area contributed by atoms with Gasteiger partial charge >= 0.3 is 5.97 Å². The number of carbonyl (C=O) groups is 2. The molecular formula is C24H26O4. The number of methoxy groups -OCH3 is 1. The van der Waals surface area contributed by atoms with Crippen LogP contribution >= 0.6 is 0 Å². The fraction of sp³-hybridized carbons (Fsp3) is 0.333. The van der Waals surface area contributed by atoms with Crippen molar-refractivity contribution in [3.63, 3.8) is 0 Å². The van der Waals surface area contributed by atoms with Crippen LogP contribution in [0.3, 0.4) is 0 Å². The Morgan fingerprint density at radius 2 is 1.82 bits per heavy atom. The average molecular weight is 378 g/mol. The van der Waals surface area contributed by atoms with Gasteiger partial charge in [0, 0.05) is 22.9 Å². The SMILES string of the molecule is CCCCCCC(=O)c1cccc2oc(-c3ccc(C)cc3C(=O)OC)cc12. The highest BCUT2D eigenvalue weighted by Crippen LogP contribution is 2.33. The molecule has 2 aromatic carbocycles. The van der Waals surface area contributed by atoms with E-state index < -0.39 is 5.97 Å². The largest absolute Gasteiger partial charge is 0.465 e. The van der Waals surface area contributed by atoms with Crippen molar-refractivity contribution in [3.8, 4) is 11.3 Å². The van der Waals surface area contributed by atoms with Crippen LogP contribution in [0.4, 0.5) is 0 Å². The fourth-order valence-corrected chi connectivity index (χ4v) is 3.44. The normalized spacial score (nSPS) is 11.0. The molecule has 0 aliphatic carbocycles. The van der Waals surface area contributed by atoms with Crippen molar-refractivity contribution in [1.82, 2.24) is 0 Å². The van der Waals surface area contributed by atoms with E-state index in [2.05, 4.69) is 6.92 Å². The van der Waals surface area contributed by atoms with Gasteiger partial charge in [-0.25, -0.2) is 4.79 Å². The van der Waals surface area contributed by atoms with Crippen molar-refractivity contribution in [2.24, 2.45) is 0 Å². The number of Topliss-reactive ketones (excluding diaryl/α,β-unsaturated/α-hetero) is 1. The van der Waals surface area contributed by atoms with E-state index in [9.17, 15) is 9.59 Å². The highest BCUT2D eigenvalue weighted by Gasteiger charge is 2.19. The first-order valence-electron chi connectivity index (χ1n) is 9.80. The molecule has 28 heavy (non-hydrogen) atoms. The van der Waals surface area contributed by atoms with Crippen LogP contribution in [0.2, 0.25) is 0 Å². The Balaban J connectivity index is 1.98. The molecule has 4 heteroatoms. The molecule has 0 fully saturated rings. The summed E-state index contributed by atoms with van der Waals surface area (Å²) in [4.78, 5) is 24.9. The molecule has 0 aliphatic rings. The van der Waals surface area contributed by atoms with Crippen molar-refractivity contribution in [2.75, 3.05) is 7.11 Å². The number of ketones is 1. The Morgan fingerprint density at radius 3 is 2.57 bits per heavy atom. The Morgan fingerprint density at radius 1 is 1.00 bits per heavy atom. The van der Waals surface area contributed by atoms with E-state index in [0.29, 0.717) is 34.5 Å². The van der Waals surface area contributed by atoms with Crippen LogP contribution in [-0.2, 0) is 4.74 Å². The summed E-state index contributed by atoms with van der Waals surface area (Å²) in [6.45, 7) is 4.08. The van der Waals surface area contributed by atoms with Crippen LogP contribution in [0.1, 0.15) is 65.3 Å². The Kier molecular flexibility index (Phi) is 6.30. The molecule has 4 nitrogen and oxygen atoms in total. The molecule has 3 aromatic rings. The summed E-state index contributed by atoms with van der Waals surface area (Å²) >= 11 is 0. The molecule has 146 valence electrons. The van der Waals surface area contributed by atoms with Crippen LogP contribution in [-0.4, -0.2) is 18.9 Å². The maximum Gasteiger partial charge on any atom is 0.338 e. The van der Waals surface area contributed by atoms with Crippen LogP contribution in [0, 0.1) is 6.92 Å². The van der Waals surface area contributed by atoms with Gasteiger partial charge in [-0.2, -0.15) is 0 Å². The molecule has 0 radical (unpaired) electrons. The summed E-state index contributed by atoms with van der Waals surface area (Å²) < 4.78 is 10.9. The first-order chi connectivity index (χ1) is 13.5. The number of unbranched alkanes of at least 4 members (excludes halogenated alkanes) is 3. The lowest BCUT2D eigenvalue weighted by atomic mass is 9.99. The molecule has 0 unspecified atom stereocenters. The lowest BCUT2D eigenvalue weighted by molar-refractivity contribution is 0.0601. The molecule has 0 aliphatic heterocycles. The molecule has 0 saturated carbocycles. The number of fused-ring (bicyclic) bond motifs is 1. The first kappa shape index (κ1) is 19.9. The van der Waals surface area contributed by atoms with Gasteiger partial charge in [0.1, 0.15) is 11.3 Å². The average Bonchev–Trinajstić information content (AvgIpc) is 3.14. The molecule has 0 spiro atoms. The third-order valence-corrected chi connectivity index (χ3v) is 4.97. The summed E-state index contributed by atoms with van der Waals surface area (Å²) in [5, 5.41) is 0.786. The predicted octanol–water partition coefficient (Wildman–Crippen LogP) is 6.35. The summed E-state index contributed by atoms with van der Waals surface area (Å²) in [5.74, 6) is 0.277. The van der Waals surface area contributed by atoms with Crippen molar-refractivity contribution in [2.45, 2.75) is 46.0 Å². The van der Waals surface area contributed by atoms with Gasteiger partial charge in [-0.3, -0.25) is 4.79 Å². The number of rotatable bonds is 8. The lowest BCUT2D eigenvalue weighted by Crippen LogP contribution is -2.03. The Hall–Kier alpha value is -2.88. The van der Waals surface area contributed by atoms with Crippen LogP contribution in [0.25, 0.3) is 22.3 Å². The van der Waals surface area contributed by atoms with E-state index in [0.717, 1.165) is 36.6 Å². The monoisotopic (exact) mass is 378 g/mol. The topological polar surface area (TPSA) is 56.5 Å². The molecule has 0 bridgehead atoms. The van der Waals surface area contributed by atoms with Gasteiger partial charge in [0.25, 0.3) is 0 Å². The molecule has 3 rings (SSSR count). The van der Waals surface area contributed by atoms with Gasteiger partial charge in [-0.05, 0) is 31.5 Å². The number of furan rings is 1. The number of benzene rings is 2. The quantitative estimate of drug-likeness (QED) is 0.260. The van der Waals surface area contributed by atoms with Crippen LogP contribution < -0.4 is 0 Å². The molecule has 0 amide bonds. The second kappa shape index (κ2) is 8.87. The summed E-state index contributed by atoms with van der Waals surface area (Å²) in [6.07, 6.45) is 4.81. The minimum Gasteiger partial charge on any atom is -0.465 e. The van der Waals surface area contributed by atoms with Crippen molar-refractivity contribution in [3.05, 3.63) is 59.2 Å². The van der Waals surface area contributed by atoms with Gasteiger partial charge in [0.05, 0.1) is 12.7 Å². The van der Waals surface area contributed by atoms with Crippen molar-refractivity contribution in [1.29, 1.82) is 0 Å². The molecule has 0 N–H and O–H groups in total. The molecule has 0 atom stereocenters. The van der Waals surface area contributed by atoms with E-state index in [4.69, 9.17) is 9.15 Å². The number of ether oxygens (including phenoxy) is 1. The predicted molar refractivity (Wildman–Crippen MR) is 111 cm³/mol. The van der Waals surface area contributed by atoms with Gasteiger partial charge < -0.3 is 9.15 Å². The van der Waals surface area contributed by atoms with Crippen molar-refractivity contribution >= 4 is 22.7 Å². The van der Waals surface area contributed by atoms with Crippen molar-refractivity contribution < 1.29 is 18.7 Å². The van der Waals surface area contributed by atoms with E-state index in [1.165, 1.54) is 7.11 Å². The number of hydrogen-bond donors (Lipinski definition) is 0. The smallest absolute Gasteiger partial charge is 0.338 e. The Bertz CT molecular complexity index is 997. The van der Waals surface area contributed by atoms with Crippen LogP contribution in [0.15, 0.2) is 46.9 Å². The summed E-state index contributed by atoms with van der Waals surface area (Å²) in [5.41, 5.74) is 3.40. The van der Waals surface area contributed by atoms with Gasteiger partial charge in [0.2, 0.25) is 0 Å². The fourth-order valence-electron chi connectivity index (χ4n) is 3.44. The van der Waals surface area contributed by atoms with E-state index >= 15 is 0 Å². The van der Waals surface area contributed by atoms with E-state index in [1.54, 1.807) is 6.07 Å². The first-order valence-corrected chi connectivity index (χ1v) is 9.80.